The number of β-lactam (4-membered cyclic amide) rings is 1. The zero-order valence-corrected chi connectivity index (χ0v) is 14.7. The molecule has 0 spiro atoms. The maximum Gasteiger partial charge on any atom is 0.352 e. The molecule has 25 heavy (non-hydrogen) atoms. The molecule has 0 aliphatic carbocycles. The number of carboxylic acid groups (broad SMARTS) is 1. The zero-order valence-electron chi connectivity index (χ0n) is 13.1. The van der Waals surface area contributed by atoms with Gasteiger partial charge in [-0.3, -0.25) is 9.69 Å². The van der Waals surface area contributed by atoms with E-state index in [0.29, 0.717) is 18.0 Å². The molecule has 1 aromatic carbocycles. The minimum Gasteiger partial charge on any atom is -0.477 e. The van der Waals surface area contributed by atoms with Crippen LogP contribution in [0.5, 0.6) is 0 Å². The van der Waals surface area contributed by atoms with Crippen molar-refractivity contribution in [3.63, 3.8) is 0 Å². The Labute approximate surface area is 152 Å². The highest BCUT2D eigenvalue weighted by Crippen LogP contribution is 2.47. The summed E-state index contributed by atoms with van der Waals surface area (Å²) in [7, 11) is 0. The summed E-state index contributed by atoms with van der Waals surface area (Å²) in [4.78, 5) is 34.0. The average molecular weight is 373 g/mol. The molecular formula is C17H15N3O3S2. The van der Waals surface area contributed by atoms with Gasteiger partial charge in [-0.2, -0.15) is 0 Å². The van der Waals surface area contributed by atoms with Gasteiger partial charge in [-0.05, 0) is 17.7 Å². The van der Waals surface area contributed by atoms with Crippen LogP contribution in [0, 0.1) is 0 Å². The van der Waals surface area contributed by atoms with Gasteiger partial charge in [-0.25, -0.2) is 9.78 Å². The molecule has 0 saturated carbocycles. The summed E-state index contributed by atoms with van der Waals surface area (Å²) in [6.07, 6.45) is 3.75. The molecule has 1 aromatic heterocycles. The van der Waals surface area contributed by atoms with Crippen molar-refractivity contribution in [1.29, 1.82) is 0 Å². The highest BCUT2D eigenvalue weighted by molar-refractivity contribution is 8.04. The predicted octanol–water partition coefficient (Wildman–Crippen LogP) is 2.37. The summed E-state index contributed by atoms with van der Waals surface area (Å²) in [5.41, 5.74) is 0.843. The van der Waals surface area contributed by atoms with E-state index in [0.717, 1.165) is 10.5 Å². The molecule has 3 heterocycles. The molecule has 2 aliphatic heterocycles. The van der Waals surface area contributed by atoms with Crippen LogP contribution in [0.2, 0.25) is 0 Å². The van der Waals surface area contributed by atoms with Crippen LogP contribution >= 0.6 is 23.5 Å². The first-order valence-corrected chi connectivity index (χ1v) is 9.68. The molecule has 1 saturated heterocycles. The summed E-state index contributed by atoms with van der Waals surface area (Å²) in [6.45, 7) is 0. The van der Waals surface area contributed by atoms with Crippen LogP contribution in [0.3, 0.4) is 0 Å². The third kappa shape index (κ3) is 2.96. The summed E-state index contributed by atoms with van der Waals surface area (Å²) >= 11 is 3.11. The molecule has 0 radical (unpaired) electrons. The van der Waals surface area contributed by atoms with Crippen molar-refractivity contribution in [2.24, 2.45) is 0 Å². The number of rotatable bonds is 5. The molecule has 128 valence electrons. The quantitative estimate of drug-likeness (QED) is 0.783. The van der Waals surface area contributed by atoms with Gasteiger partial charge in [0.25, 0.3) is 0 Å². The summed E-state index contributed by atoms with van der Waals surface area (Å²) in [6, 6.07) is 9.72. The second kappa shape index (κ2) is 6.61. The normalized spacial score (nSPS) is 22.6. The molecule has 2 N–H and O–H groups in total. The van der Waals surface area contributed by atoms with Crippen LogP contribution in [0.4, 0.5) is 0 Å². The number of fused-ring (bicyclic) bond motifs is 1. The lowest BCUT2D eigenvalue weighted by atomic mass is 10.1. The monoisotopic (exact) mass is 373 g/mol. The zero-order chi connectivity index (χ0) is 17.4. The van der Waals surface area contributed by atoms with Crippen molar-refractivity contribution in [3.05, 3.63) is 59.8 Å². The highest BCUT2D eigenvalue weighted by Gasteiger charge is 2.53. The van der Waals surface area contributed by atoms with E-state index in [9.17, 15) is 14.7 Å². The number of nitrogens with zero attached hydrogens (tertiary/aromatic N) is 2. The Morgan fingerprint density at radius 1 is 1.40 bits per heavy atom. The van der Waals surface area contributed by atoms with Crippen LogP contribution in [-0.2, 0) is 16.0 Å². The molecule has 1 unspecified atom stereocenters. The number of amides is 1. The van der Waals surface area contributed by atoms with Crippen molar-refractivity contribution in [2.75, 3.05) is 5.75 Å². The molecule has 8 heteroatoms. The number of thioether (sulfide) groups is 2. The summed E-state index contributed by atoms with van der Waals surface area (Å²) in [5, 5.41) is 9.28. The van der Waals surface area contributed by atoms with Gasteiger partial charge in [-0.15, -0.1) is 23.5 Å². The van der Waals surface area contributed by atoms with Crippen molar-refractivity contribution in [1.82, 2.24) is 14.9 Å². The number of aromatic amines is 1. The van der Waals surface area contributed by atoms with Gasteiger partial charge in [0.2, 0.25) is 5.91 Å². The smallest absolute Gasteiger partial charge is 0.352 e. The third-order valence-corrected chi connectivity index (χ3v) is 6.91. The van der Waals surface area contributed by atoms with Gasteiger partial charge in [0.1, 0.15) is 22.1 Å². The lowest BCUT2D eigenvalue weighted by Gasteiger charge is -2.49. The van der Waals surface area contributed by atoms with Crippen LogP contribution < -0.4 is 0 Å². The largest absolute Gasteiger partial charge is 0.477 e. The fraction of sp³-hybridized carbons (Fsp3) is 0.235. The molecule has 2 aromatic rings. The molecule has 1 amide bonds. The van der Waals surface area contributed by atoms with Crippen molar-refractivity contribution in [3.8, 4) is 0 Å². The van der Waals surface area contributed by atoms with Gasteiger partial charge < -0.3 is 10.1 Å². The number of aliphatic carboxylic acids is 1. The van der Waals surface area contributed by atoms with Crippen LogP contribution in [0.15, 0.2) is 58.9 Å². The number of carbonyl (C=O) groups excluding carboxylic acids is 1. The van der Waals surface area contributed by atoms with Crippen molar-refractivity contribution >= 4 is 35.4 Å². The third-order valence-electron chi connectivity index (χ3n) is 4.14. The lowest BCUT2D eigenvalue weighted by Crippen LogP contribution is -2.63. The van der Waals surface area contributed by atoms with Gasteiger partial charge >= 0.3 is 5.97 Å². The van der Waals surface area contributed by atoms with Crippen LogP contribution in [0.1, 0.15) is 5.82 Å². The Balaban J connectivity index is 1.57. The Kier molecular flexibility index (Phi) is 4.30. The molecule has 6 nitrogen and oxygen atoms in total. The lowest BCUT2D eigenvalue weighted by molar-refractivity contribution is -0.145. The van der Waals surface area contributed by atoms with Crippen LogP contribution in [0.25, 0.3) is 0 Å². The Hall–Kier alpha value is -2.19. The number of benzene rings is 1. The van der Waals surface area contributed by atoms with Gasteiger partial charge in [0, 0.05) is 29.5 Å². The number of H-pyrrole nitrogens is 1. The summed E-state index contributed by atoms with van der Waals surface area (Å²) < 4.78 is 0. The number of carboxylic acids is 1. The number of nitrogens with one attached hydrogen (secondary N) is 1. The van der Waals surface area contributed by atoms with E-state index in [1.165, 1.54) is 16.7 Å². The second-order valence-corrected chi connectivity index (χ2v) is 8.05. The molecule has 2 atom stereocenters. The number of aromatic nitrogens is 2. The SMILES string of the molecule is O=C(O)C1=C(Cc2ncc[nH]2)CS[C@H]2C(Sc3ccccc3)C(=O)N12. The fourth-order valence-corrected chi connectivity index (χ4v) is 5.72. The Bertz CT molecular complexity index is 836. The number of hydrogen-bond acceptors (Lipinski definition) is 5. The standard InChI is InChI=1S/C17H15N3O3S2/c21-15-14(25-11-4-2-1-3-5-11)16-20(15)13(17(22)23)10(9-24-16)8-12-18-6-7-19-12/h1-7,14,16H,8-9H2,(H,18,19)(H,22,23)/t14?,16-/m0/s1. The molecule has 0 bridgehead atoms. The minimum absolute atomic E-state index is 0.120. The van der Waals surface area contributed by atoms with E-state index >= 15 is 0 Å². The number of imidazole rings is 1. The second-order valence-electron chi connectivity index (χ2n) is 5.73. The van der Waals surface area contributed by atoms with E-state index in [2.05, 4.69) is 9.97 Å². The van der Waals surface area contributed by atoms with Gasteiger partial charge in [0.15, 0.2) is 0 Å². The Morgan fingerprint density at radius 3 is 2.88 bits per heavy atom. The fourth-order valence-electron chi connectivity index (χ4n) is 3.00. The first kappa shape index (κ1) is 16.3. The Morgan fingerprint density at radius 2 is 2.20 bits per heavy atom. The topological polar surface area (TPSA) is 86.3 Å². The van der Waals surface area contributed by atoms with Gasteiger partial charge in [-0.1, -0.05) is 18.2 Å². The van der Waals surface area contributed by atoms with E-state index in [1.54, 1.807) is 24.2 Å². The van der Waals surface area contributed by atoms with E-state index in [1.807, 2.05) is 30.3 Å². The van der Waals surface area contributed by atoms with Crippen LogP contribution in [-0.4, -0.2) is 48.2 Å². The average Bonchev–Trinajstić information content (AvgIpc) is 3.13. The van der Waals surface area contributed by atoms with Crippen molar-refractivity contribution in [2.45, 2.75) is 21.9 Å². The van der Waals surface area contributed by atoms with E-state index in [-0.39, 0.29) is 22.2 Å². The molecule has 2 aliphatic rings. The summed E-state index contributed by atoms with van der Waals surface area (Å²) in [5.74, 6) is 0.0996. The number of carbonyl (C=O) groups is 2. The molecule has 4 rings (SSSR count). The molecular weight excluding hydrogens is 358 g/mol. The highest BCUT2D eigenvalue weighted by atomic mass is 32.2. The predicted molar refractivity (Wildman–Crippen MR) is 96.1 cm³/mol. The first-order valence-electron chi connectivity index (χ1n) is 7.75. The van der Waals surface area contributed by atoms with Gasteiger partial charge in [0.05, 0.1) is 0 Å². The number of hydrogen-bond donors (Lipinski definition) is 2. The minimum atomic E-state index is -1.05. The van der Waals surface area contributed by atoms with E-state index in [4.69, 9.17) is 0 Å². The molecule has 1 fully saturated rings. The van der Waals surface area contributed by atoms with E-state index < -0.39 is 5.97 Å². The first-order chi connectivity index (χ1) is 12.1. The van der Waals surface area contributed by atoms with Crippen molar-refractivity contribution < 1.29 is 14.7 Å². The maximum atomic E-state index is 12.6. The maximum absolute atomic E-state index is 12.6.